The molecule has 0 saturated carbocycles. The lowest BCUT2D eigenvalue weighted by atomic mass is 10.1. The number of hydrogen-bond donors (Lipinski definition) is 2. The van der Waals surface area contributed by atoms with E-state index in [2.05, 4.69) is 20.5 Å². The summed E-state index contributed by atoms with van der Waals surface area (Å²) in [5.41, 5.74) is 6.39. The average molecular weight is 370 g/mol. The third-order valence-corrected chi connectivity index (χ3v) is 4.22. The first-order chi connectivity index (χ1) is 13.8. The Bertz CT molecular complexity index is 1120. The Morgan fingerprint density at radius 2 is 2.00 bits per heavy atom. The Morgan fingerprint density at radius 3 is 2.89 bits per heavy atom. The van der Waals surface area contributed by atoms with Crippen LogP contribution in [0.4, 0.5) is 0 Å². The van der Waals surface area contributed by atoms with E-state index in [0.717, 1.165) is 27.6 Å². The maximum absolute atomic E-state index is 12.0. The van der Waals surface area contributed by atoms with E-state index in [9.17, 15) is 4.79 Å². The molecule has 0 aliphatic heterocycles. The maximum atomic E-state index is 12.0. The lowest BCUT2D eigenvalue weighted by Gasteiger charge is -2.07. The highest BCUT2D eigenvalue weighted by molar-refractivity contribution is 5.98. The van der Waals surface area contributed by atoms with Crippen molar-refractivity contribution in [3.63, 3.8) is 0 Å². The number of aromatic amines is 1. The number of aromatic nitrogens is 2. The predicted octanol–water partition coefficient (Wildman–Crippen LogP) is 3.76. The van der Waals surface area contributed by atoms with Gasteiger partial charge in [0.1, 0.15) is 5.75 Å². The Labute approximate surface area is 161 Å². The molecule has 0 atom stereocenters. The summed E-state index contributed by atoms with van der Waals surface area (Å²) < 4.78 is 5.58. The third kappa shape index (κ3) is 4.07. The van der Waals surface area contributed by atoms with E-state index in [0.29, 0.717) is 5.75 Å². The van der Waals surface area contributed by atoms with Gasteiger partial charge in [-0.15, -0.1) is 0 Å². The molecule has 2 heterocycles. The van der Waals surface area contributed by atoms with Crippen LogP contribution in [0.1, 0.15) is 5.56 Å². The van der Waals surface area contributed by atoms with Crippen LogP contribution in [0.25, 0.3) is 22.0 Å². The normalized spacial score (nSPS) is 11.0. The van der Waals surface area contributed by atoms with E-state index in [-0.39, 0.29) is 12.5 Å². The topological polar surface area (TPSA) is 79.4 Å². The maximum Gasteiger partial charge on any atom is 0.277 e. The minimum absolute atomic E-state index is 0.123. The van der Waals surface area contributed by atoms with Gasteiger partial charge in [-0.3, -0.25) is 9.78 Å². The van der Waals surface area contributed by atoms with Crippen molar-refractivity contribution in [3.05, 3.63) is 84.8 Å². The number of nitrogens with one attached hydrogen (secondary N) is 2. The number of hydrogen-bond acceptors (Lipinski definition) is 4. The molecule has 0 aliphatic carbocycles. The van der Waals surface area contributed by atoms with Gasteiger partial charge in [-0.2, -0.15) is 5.10 Å². The first-order valence-corrected chi connectivity index (χ1v) is 8.81. The quantitative estimate of drug-likeness (QED) is 0.401. The molecule has 0 aliphatic rings. The van der Waals surface area contributed by atoms with Gasteiger partial charge in [0.2, 0.25) is 0 Å². The molecule has 6 heteroatoms. The largest absolute Gasteiger partial charge is 0.484 e. The van der Waals surface area contributed by atoms with Gasteiger partial charge < -0.3 is 9.72 Å². The number of H-pyrrole nitrogens is 1. The van der Waals surface area contributed by atoms with Crippen LogP contribution in [-0.2, 0) is 4.79 Å². The third-order valence-electron chi connectivity index (χ3n) is 4.22. The smallest absolute Gasteiger partial charge is 0.277 e. The van der Waals surface area contributed by atoms with Gasteiger partial charge in [0.25, 0.3) is 5.91 Å². The van der Waals surface area contributed by atoms with Crippen LogP contribution in [-0.4, -0.2) is 28.7 Å². The molecule has 138 valence electrons. The molecule has 6 nitrogen and oxygen atoms in total. The van der Waals surface area contributed by atoms with Crippen LogP contribution < -0.4 is 10.2 Å². The summed E-state index contributed by atoms with van der Waals surface area (Å²) in [7, 11) is 0. The van der Waals surface area contributed by atoms with E-state index in [1.807, 2.05) is 66.9 Å². The fraction of sp³-hybridized carbons (Fsp3) is 0.0455. The molecular weight excluding hydrogens is 352 g/mol. The molecule has 0 saturated heterocycles. The molecular formula is C22H18N4O2. The SMILES string of the molecule is O=C(COc1cccc(-c2cccnc2)c1)N/N=C/c1cccc2[nH]ccc12. The minimum Gasteiger partial charge on any atom is -0.484 e. The van der Waals surface area contributed by atoms with Crippen LogP contribution >= 0.6 is 0 Å². The van der Waals surface area contributed by atoms with Gasteiger partial charge in [0.05, 0.1) is 6.21 Å². The lowest BCUT2D eigenvalue weighted by molar-refractivity contribution is -0.123. The number of amides is 1. The van der Waals surface area contributed by atoms with Crippen molar-refractivity contribution >= 4 is 23.0 Å². The number of fused-ring (bicyclic) bond motifs is 1. The molecule has 4 aromatic rings. The molecule has 2 aromatic heterocycles. The van der Waals surface area contributed by atoms with Gasteiger partial charge in [-0.05, 0) is 35.9 Å². The Kier molecular flexibility index (Phi) is 5.11. The fourth-order valence-electron chi connectivity index (χ4n) is 2.88. The zero-order valence-corrected chi connectivity index (χ0v) is 15.0. The van der Waals surface area contributed by atoms with Gasteiger partial charge in [-0.1, -0.05) is 30.3 Å². The van der Waals surface area contributed by atoms with Gasteiger partial charge in [0, 0.05) is 40.6 Å². The highest BCUT2D eigenvalue weighted by Crippen LogP contribution is 2.22. The van der Waals surface area contributed by atoms with Crippen LogP contribution in [0, 0.1) is 0 Å². The molecule has 2 aromatic carbocycles. The van der Waals surface area contributed by atoms with Crippen molar-refractivity contribution in [2.24, 2.45) is 5.10 Å². The highest BCUT2D eigenvalue weighted by Gasteiger charge is 2.04. The molecule has 0 fully saturated rings. The second-order valence-electron chi connectivity index (χ2n) is 6.14. The number of rotatable bonds is 6. The predicted molar refractivity (Wildman–Crippen MR) is 109 cm³/mol. The number of nitrogens with zero attached hydrogens (tertiary/aromatic N) is 2. The minimum atomic E-state index is -0.329. The summed E-state index contributed by atoms with van der Waals surface area (Å²) in [6.07, 6.45) is 7.00. The van der Waals surface area contributed by atoms with Crippen molar-refractivity contribution in [1.29, 1.82) is 0 Å². The summed E-state index contributed by atoms with van der Waals surface area (Å²) in [5, 5.41) is 5.07. The molecule has 28 heavy (non-hydrogen) atoms. The van der Waals surface area contributed by atoms with E-state index < -0.39 is 0 Å². The fourth-order valence-corrected chi connectivity index (χ4v) is 2.88. The zero-order valence-electron chi connectivity index (χ0n) is 15.0. The van der Waals surface area contributed by atoms with Gasteiger partial charge >= 0.3 is 0 Å². The summed E-state index contributed by atoms with van der Waals surface area (Å²) >= 11 is 0. The number of ether oxygens (including phenoxy) is 1. The summed E-state index contributed by atoms with van der Waals surface area (Å²) in [6, 6.07) is 19.2. The number of pyridine rings is 1. The Hall–Kier alpha value is -3.93. The van der Waals surface area contributed by atoms with Crippen LogP contribution in [0.2, 0.25) is 0 Å². The number of carbonyl (C=O) groups excluding carboxylic acids is 1. The van der Waals surface area contributed by atoms with E-state index in [1.165, 1.54) is 0 Å². The molecule has 0 unspecified atom stereocenters. The first-order valence-electron chi connectivity index (χ1n) is 8.81. The molecule has 4 rings (SSSR count). The first kappa shape index (κ1) is 17.5. The Morgan fingerprint density at radius 1 is 1.11 bits per heavy atom. The molecule has 1 amide bonds. The molecule has 0 bridgehead atoms. The van der Waals surface area contributed by atoms with E-state index >= 15 is 0 Å². The van der Waals surface area contributed by atoms with Crippen LogP contribution in [0.5, 0.6) is 5.75 Å². The molecule has 0 spiro atoms. The molecule has 2 N–H and O–H groups in total. The molecule has 0 radical (unpaired) electrons. The van der Waals surface area contributed by atoms with Crippen LogP contribution in [0.3, 0.4) is 0 Å². The highest BCUT2D eigenvalue weighted by atomic mass is 16.5. The number of hydrazone groups is 1. The van der Waals surface area contributed by atoms with Crippen molar-refractivity contribution < 1.29 is 9.53 Å². The standard InChI is InChI=1S/C22H18N4O2/c27-22(26-25-14-18-5-2-8-21-20(18)9-11-24-21)15-28-19-7-1-4-16(12-19)17-6-3-10-23-13-17/h1-14,24H,15H2,(H,26,27)/b25-14+. The van der Waals surface area contributed by atoms with E-state index in [4.69, 9.17) is 4.74 Å². The van der Waals surface area contributed by atoms with Crippen molar-refractivity contribution in [3.8, 4) is 16.9 Å². The van der Waals surface area contributed by atoms with E-state index in [1.54, 1.807) is 18.6 Å². The lowest BCUT2D eigenvalue weighted by Crippen LogP contribution is -2.24. The number of carbonyl (C=O) groups is 1. The van der Waals surface area contributed by atoms with Crippen molar-refractivity contribution in [2.45, 2.75) is 0 Å². The summed E-state index contributed by atoms with van der Waals surface area (Å²) in [5.74, 6) is 0.279. The average Bonchev–Trinajstić information content (AvgIpc) is 3.23. The summed E-state index contributed by atoms with van der Waals surface area (Å²) in [4.78, 5) is 19.3. The number of benzene rings is 2. The monoisotopic (exact) mass is 370 g/mol. The zero-order chi connectivity index (χ0) is 19.2. The van der Waals surface area contributed by atoms with Crippen LogP contribution in [0.15, 0.2) is 84.4 Å². The van der Waals surface area contributed by atoms with Crippen molar-refractivity contribution in [2.75, 3.05) is 6.61 Å². The van der Waals surface area contributed by atoms with Crippen molar-refractivity contribution in [1.82, 2.24) is 15.4 Å². The Balaban J connectivity index is 1.34. The van der Waals surface area contributed by atoms with Gasteiger partial charge in [-0.25, -0.2) is 5.43 Å². The van der Waals surface area contributed by atoms with Gasteiger partial charge in [0.15, 0.2) is 6.61 Å². The second kappa shape index (κ2) is 8.18. The second-order valence-corrected chi connectivity index (χ2v) is 6.14. The summed E-state index contributed by atoms with van der Waals surface area (Å²) in [6.45, 7) is -0.123.